The molecule has 0 aliphatic rings. The fraction of sp³-hybridized carbons (Fsp3) is 0.0952. The number of carbonyl (C=O) groups excluding carboxylic acids is 1. The molecule has 0 unspecified atom stereocenters. The summed E-state index contributed by atoms with van der Waals surface area (Å²) in [6.07, 6.45) is 0. The van der Waals surface area contributed by atoms with Crippen molar-refractivity contribution < 1.29 is 4.79 Å². The van der Waals surface area contributed by atoms with Crippen molar-refractivity contribution in [3.63, 3.8) is 0 Å². The number of hydrogen-bond donors (Lipinski definition) is 1. The number of nitrogens with zero attached hydrogens (tertiary/aromatic N) is 2. The SMILES string of the molecule is O=C(CSc1nc2ccsc2c(=O)n1-c1cccc(Cl)c1Cl)NCc1ccccc1Cl. The number of thioether (sulfide) groups is 1. The molecule has 4 aromatic rings. The maximum absolute atomic E-state index is 13.2. The maximum atomic E-state index is 13.2. The van der Waals surface area contributed by atoms with E-state index in [0.717, 1.165) is 17.3 Å². The van der Waals surface area contributed by atoms with Crippen LogP contribution >= 0.6 is 57.9 Å². The molecule has 10 heteroatoms. The van der Waals surface area contributed by atoms with E-state index in [9.17, 15) is 9.59 Å². The normalized spacial score (nSPS) is 11.1. The van der Waals surface area contributed by atoms with Gasteiger partial charge in [-0.15, -0.1) is 11.3 Å². The van der Waals surface area contributed by atoms with Crippen molar-refractivity contribution in [2.24, 2.45) is 0 Å². The van der Waals surface area contributed by atoms with Gasteiger partial charge in [-0.05, 0) is 35.2 Å². The van der Waals surface area contributed by atoms with E-state index in [4.69, 9.17) is 34.8 Å². The first-order valence-electron chi connectivity index (χ1n) is 9.03. The average molecular weight is 511 g/mol. The van der Waals surface area contributed by atoms with Gasteiger partial charge in [0.15, 0.2) is 5.16 Å². The molecule has 0 spiro atoms. The van der Waals surface area contributed by atoms with Crippen LogP contribution in [0.15, 0.2) is 63.9 Å². The minimum absolute atomic E-state index is 0.0602. The van der Waals surface area contributed by atoms with Crippen molar-refractivity contribution in [1.29, 1.82) is 0 Å². The van der Waals surface area contributed by atoms with E-state index in [1.807, 2.05) is 18.2 Å². The molecule has 0 bridgehead atoms. The van der Waals surface area contributed by atoms with E-state index < -0.39 is 0 Å². The van der Waals surface area contributed by atoms with E-state index in [-0.39, 0.29) is 22.2 Å². The number of amides is 1. The Hall–Kier alpha value is -2.03. The van der Waals surface area contributed by atoms with Gasteiger partial charge in [0.05, 0.1) is 27.0 Å². The number of hydrogen-bond acceptors (Lipinski definition) is 5. The molecule has 2 heterocycles. The third kappa shape index (κ3) is 4.76. The Bertz CT molecular complexity index is 1340. The monoisotopic (exact) mass is 509 g/mol. The second kappa shape index (κ2) is 9.63. The second-order valence-electron chi connectivity index (χ2n) is 6.40. The molecule has 1 N–H and O–H groups in total. The summed E-state index contributed by atoms with van der Waals surface area (Å²) in [5.74, 6) is -0.154. The number of rotatable bonds is 6. The van der Waals surface area contributed by atoms with Crippen molar-refractivity contribution in [2.45, 2.75) is 11.7 Å². The minimum atomic E-state index is -0.261. The van der Waals surface area contributed by atoms with Gasteiger partial charge in [-0.2, -0.15) is 0 Å². The number of halogens is 3. The van der Waals surface area contributed by atoms with Crippen LogP contribution in [0, 0.1) is 0 Å². The number of benzene rings is 2. The number of thiophene rings is 1. The molecule has 0 atom stereocenters. The lowest BCUT2D eigenvalue weighted by molar-refractivity contribution is -0.118. The van der Waals surface area contributed by atoms with Crippen molar-refractivity contribution in [3.8, 4) is 5.69 Å². The molecule has 1 amide bonds. The second-order valence-corrected chi connectivity index (χ2v) is 9.45. The van der Waals surface area contributed by atoms with Gasteiger partial charge in [-0.25, -0.2) is 4.98 Å². The number of nitrogens with one attached hydrogen (secondary N) is 1. The minimum Gasteiger partial charge on any atom is -0.351 e. The number of carbonyl (C=O) groups is 1. The van der Waals surface area contributed by atoms with Crippen molar-refractivity contribution in [1.82, 2.24) is 14.9 Å². The molecule has 0 saturated heterocycles. The van der Waals surface area contributed by atoms with Gasteiger partial charge in [0.1, 0.15) is 4.70 Å². The van der Waals surface area contributed by atoms with Crippen molar-refractivity contribution in [3.05, 3.63) is 84.9 Å². The first kappa shape index (κ1) is 22.2. The number of fused-ring (bicyclic) bond motifs is 1. The standard InChI is InChI=1S/C21H14Cl3N3O2S2/c22-13-5-2-1-4-12(13)10-25-17(28)11-31-21-26-15-8-9-30-19(15)20(29)27(21)16-7-3-6-14(23)18(16)24/h1-9H,10-11H2,(H,25,28). The largest absolute Gasteiger partial charge is 0.351 e. The molecular weight excluding hydrogens is 497 g/mol. The summed E-state index contributed by atoms with van der Waals surface area (Å²) in [6.45, 7) is 0.309. The van der Waals surface area contributed by atoms with E-state index in [2.05, 4.69) is 10.3 Å². The molecule has 5 nitrogen and oxygen atoms in total. The Morgan fingerprint density at radius 1 is 1.06 bits per heavy atom. The Morgan fingerprint density at radius 2 is 1.84 bits per heavy atom. The quantitative estimate of drug-likeness (QED) is 0.262. The summed E-state index contributed by atoms with van der Waals surface area (Å²) in [7, 11) is 0. The molecule has 0 aliphatic carbocycles. The highest BCUT2D eigenvalue weighted by Gasteiger charge is 2.18. The summed E-state index contributed by atoms with van der Waals surface area (Å²) < 4.78 is 1.91. The highest BCUT2D eigenvalue weighted by molar-refractivity contribution is 7.99. The van der Waals surface area contributed by atoms with Crippen LogP contribution in [-0.2, 0) is 11.3 Å². The van der Waals surface area contributed by atoms with E-state index in [0.29, 0.717) is 37.7 Å². The van der Waals surface area contributed by atoms with Gasteiger partial charge in [0.25, 0.3) is 5.56 Å². The zero-order valence-corrected chi connectivity index (χ0v) is 19.7. The lowest BCUT2D eigenvalue weighted by atomic mass is 10.2. The zero-order valence-electron chi connectivity index (χ0n) is 15.8. The fourth-order valence-corrected chi connectivity index (χ4v) is 5.06. The Labute approximate surface area is 201 Å². The van der Waals surface area contributed by atoms with Crippen LogP contribution in [-0.4, -0.2) is 21.2 Å². The first-order valence-corrected chi connectivity index (χ1v) is 12.0. The molecular formula is C21H14Cl3N3O2S2. The summed E-state index contributed by atoms with van der Waals surface area (Å²) in [5, 5.41) is 6.14. The summed E-state index contributed by atoms with van der Waals surface area (Å²) in [5.41, 5.74) is 1.55. The summed E-state index contributed by atoms with van der Waals surface area (Å²) in [4.78, 5) is 30.2. The molecule has 0 radical (unpaired) electrons. The molecule has 31 heavy (non-hydrogen) atoms. The van der Waals surface area contributed by atoms with Gasteiger partial charge in [-0.3, -0.25) is 14.2 Å². The molecule has 2 aromatic heterocycles. The van der Waals surface area contributed by atoms with Gasteiger partial charge < -0.3 is 5.32 Å². The van der Waals surface area contributed by atoms with Crippen molar-refractivity contribution in [2.75, 3.05) is 5.75 Å². The number of aromatic nitrogens is 2. The Morgan fingerprint density at radius 3 is 2.65 bits per heavy atom. The van der Waals surface area contributed by atoms with E-state index >= 15 is 0 Å². The van der Waals surface area contributed by atoms with Gasteiger partial charge in [0.2, 0.25) is 5.91 Å². The lowest BCUT2D eigenvalue weighted by Gasteiger charge is -2.14. The van der Waals surface area contributed by atoms with E-state index in [1.54, 1.807) is 35.7 Å². The van der Waals surface area contributed by atoms with Crippen LogP contribution in [0.1, 0.15) is 5.56 Å². The Balaban J connectivity index is 1.61. The maximum Gasteiger partial charge on any atom is 0.276 e. The van der Waals surface area contributed by atoms with Crippen LogP contribution in [0.4, 0.5) is 0 Å². The average Bonchev–Trinajstić information content (AvgIpc) is 3.23. The van der Waals surface area contributed by atoms with Crippen LogP contribution in [0.5, 0.6) is 0 Å². The predicted molar refractivity (Wildman–Crippen MR) is 129 cm³/mol. The Kier molecular flexibility index (Phi) is 6.89. The van der Waals surface area contributed by atoms with Crippen molar-refractivity contribution >= 4 is 74.0 Å². The molecule has 4 rings (SSSR count). The van der Waals surface area contributed by atoms with Gasteiger partial charge in [-0.1, -0.05) is 70.8 Å². The lowest BCUT2D eigenvalue weighted by Crippen LogP contribution is -2.26. The molecule has 158 valence electrons. The summed E-state index contributed by atoms with van der Waals surface area (Å²) >= 11 is 21.1. The third-order valence-electron chi connectivity index (χ3n) is 4.39. The summed E-state index contributed by atoms with van der Waals surface area (Å²) in [6, 6.07) is 14.1. The smallest absolute Gasteiger partial charge is 0.276 e. The molecule has 0 aliphatic heterocycles. The molecule has 0 fully saturated rings. The van der Waals surface area contributed by atoms with Crippen LogP contribution < -0.4 is 10.9 Å². The fourth-order valence-electron chi connectivity index (χ4n) is 2.88. The van der Waals surface area contributed by atoms with E-state index in [1.165, 1.54) is 15.9 Å². The highest BCUT2D eigenvalue weighted by atomic mass is 35.5. The topological polar surface area (TPSA) is 64.0 Å². The van der Waals surface area contributed by atoms with Crippen LogP contribution in [0.3, 0.4) is 0 Å². The third-order valence-corrected chi connectivity index (χ3v) is 7.40. The zero-order chi connectivity index (χ0) is 22.0. The molecule has 2 aromatic carbocycles. The predicted octanol–water partition coefficient (Wildman–Crippen LogP) is 5.82. The first-order chi connectivity index (χ1) is 15.0. The van der Waals surface area contributed by atoms with Gasteiger partial charge in [0, 0.05) is 11.6 Å². The van der Waals surface area contributed by atoms with Gasteiger partial charge >= 0.3 is 0 Å². The van der Waals surface area contributed by atoms with Crippen LogP contribution in [0.2, 0.25) is 15.1 Å². The molecule has 0 saturated carbocycles. The van der Waals surface area contributed by atoms with Crippen LogP contribution in [0.25, 0.3) is 15.9 Å². The highest BCUT2D eigenvalue weighted by Crippen LogP contribution is 2.31.